The van der Waals surface area contributed by atoms with Crippen molar-refractivity contribution in [2.45, 2.75) is 32.3 Å². The van der Waals surface area contributed by atoms with Gasteiger partial charge in [-0.1, -0.05) is 19.1 Å². The Bertz CT molecular complexity index is 366. The van der Waals surface area contributed by atoms with Crippen LogP contribution in [0.1, 0.15) is 35.7 Å². The molecule has 0 spiro atoms. The molecule has 3 nitrogen and oxygen atoms in total. The fourth-order valence-corrected chi connectivity index (χ4v) is 2.01. The monoisotopic (exact) mass is 233 g/mol. The number of carbonyl (C=O) groups excluding carboxylic acids is 1. The Morgan fingerprint density at radius 1 is 1.29 bits per heavy atom. The molecule has 0 aliphatic carbocycles. The Labute approximate surface area is 102 Å². The molecule has 0 unspecified atom stereocenters. The average Bonchev–Trinajstić information content (AvgIpc) is 2.40. The summed E-state index contributed by atoms with van der Waals surface area (Å²) in [4.78, 5) is 11.9. The van der Waals surface area contributed by atoms with Crippen molar-refractivity contribution in [1.82, 2.24) is 5.32 Å². The standard InChI is InChI=1S/C14H19NO2/c1-2-11-3-5-12(6-4-11)14(16)17-13-7-9-15-10-8-13/h3-6,13,15H,2,7-10H2,1H3. The summed E-state index contributed by atoms with van der Waals surface area (Å²) in [5, 5.41) is 3.25. The topological polar surface area (TPSA) is 38.3 Å². The number of rotatable bonds is 3. The highest BCUT2D eigenvalue weighted by atomic mass is 16.5. The molecule has 0 radical (unpaired) electrons. The minimum absolute atomic E-state index is 0.0783. The largest absolute Gasteiger partial charge is 0.459 e. The molecular weight excluding hydrogens is 214 g/mol. The molecule has 3 heteroatoms. The number of hydrogen-bond acceptors (Lipinski definition) is 3. The van der Waals surface area contributed by atoms with Gasteiger partial charge in [0.05, 0.1) is 5.56 Å². The highest BCUT2D eigenvalue weighted by molar-refractivity contribution is 5.89. The third-order valence-electron chi connectivity index (χ3n) is 3.16. The lowest BCUT2D eigenvalue weighted by Gasteiger charge is -2.22. The summed E-state index contributed by atoms with van der Waals surface area (Å²) in [5.74, 6) is -0.195. The maximum atomic E-state index is 11.9. The number of ether oxygens (including phenoxy) is 1. The van der Waals surface area contributed by atoms with Crippen LogP contribution in [0, 0.1) is 0 Å². The summed E-state index contributed by atoms with van der Waals surface area (Å²) in [7, 11) is 0. The van der Waals surface area contributed by atoms with E-state index < -0.39 is 0 Å². The zero-order chi connectivity index (χ0) is 12.1. The Balaban J connectivity index is 1.93. The zero-order valence-corrected chi connectivity index (χ0v) is 10.2. The van der Waals surface area contributed by atoms with Crippen LogP contribution >= 0.6 is 0 Å². The molecular formula is C14H19NO2. The molecule has 1 fully saturated rings. The lowest BCUT2D eigenvalue weighted by atomic mass is 10.1. The summed E-state index contributed by atoms with van der Waals surface area (Å²) in [6.45, 7) is 3.97. The molecule has 1 aliphatic heterocycles. The highest BCUT2D eigenvalue weighted by Crippen LogP contribution is 2.12. The lowest BCUT2D eigenvalue weighted by Crippen LogP contribution is -2.33. The van der Waals surface area contributed by atoms with Gasteiger partial charge in [0, 0.05) is 0 Å². The summed E-state index contributed by atoms with van der Waals surface area (Å²) in [6.07, 6.45) is 2.90. The van der Waals surface area contributed by atoms with Gasteiger partial charge in [0.2, 0.25) is 0 Å². The number of benzene rings is 1. The van der Waals surface area contributed by atoms with Crippen LogP contribution < -0.4 is 5.32 Å². The van der Waals surface area contributed by atoms with E-state index in [-0.39, 0.29) is 12.1 Å². The third kappa shape index (κ3) is 3.30. The Morgan fingerprint density at radius 3 is 2.53 bits per heavy atom. The van der Waals surface area contributed by atoms with Crippen molar-refractivity contribution in [1.29, 1.82) is 0 Å². The van der Waals surface area contributed by atoms with Crippen molar-refractivity contribution in [3.63, 3.8) is 0 Å². The van der Waals surface area contributed by atoms with Gasteiger partial charge in [0.15, 0.2) is 0 Å². The number of nitrogens with one attached hydrogen (secondary N) is 1. The molecule has 2 rings (SSSR count). The van der Waals surface area contributed by atoms with E-state index in [1.165, 1.54) is 5.56 Å². The number of carbonyl (C=O) groups is 1. The minimum Gasteiger partial charge on any atom is -0.459 e. The van der Waals surface area contributed by atoms with Crippen LogP contribution in [0.2, 0.25) is 0 Å². The molecule has 0 saturated carbocycles. The first-order chi connectivity index (χ1) is 8.29. The van der Waals surface area contributed by atoms with Crippen LogP contribution in [-0.2, 0) is 11.2 Å². The van der Waals surface area contributed by atoms with Gasteiger partial charge < -0.3 is 10.1 Å². The molecule has 0 aromatic heterocycles. The van der Waals surface area contributed by atoms with Gasteiger partial charge in [-0.15, -0.1) is 0 Å². The van der Waals surface area contributed by atoms with E-state index in [4.69, 9.17) is 4.74 Å². The van der Waals surface area contributed by atoms with E-state index >= 15 is 0 Å². The van der Waals surface area contributed by atoms with Crippen molar-refractivity contribution >= 4 is 5.97 Å². The second kappa shape index (κ2) is 5.82. The number of piperidine rings is 1. The molecule has 1 aromatic rings. The molecule has 0 bridgehead atoms. The SMILES string of the molecule is CCc1ccc(C(=O)OC2CCNCC2)cc1. The van der Waals surface area contributed by atoms with Crippen molar-refractivity contribution in [2.75, 3.05) is 13.1 Å². The number of hydrogen-bond donors (Lipinski definition) is 1. The summed E-state index contributed by atoms with van der Waals surface area (Å²) in [5.41, 5.74) is 1.89. The van der Waals surface area contributed by atoms with Gasteiger partial charge in [-0.25, -0.2) is 4.79 Å². The van der Waals surface area contributed by atoms with E-state index in [2.05, 4.69) is 12.2 Å². The zero-order valence-electron chi connectivity index (χ0n) is 10.2. The quantitative estimate of drug-likeness (QED) is 0.813. The average molecular weight is 233 g/mol. The maximum absolute atomic E-state index is 11.9. The maximum Gasteiger partial charge on any atom is 0.338 e. The fourth-order valence-electron chi connectivity index (χ4n) is 2.01. The molecule has 1 aliphatic rings. The third-order valence-corrected chi connectivity index (χ3v) is 3.16. The van der Waals surface area contributed by atoms with Gasteiger partial charge in [0.1, 0.15) is 6.10 Å². The second-order valence-electron chi connectivity index (χ2n) is 4.41. The van der Waals surface area contributed by atoms with Crippen LogP contribution in [0.3, 0.4) is 0 Å². The van der Waals surface area contributed by atoms with Crippen molar-refractivity contribution in [2.24, 2.45) is 0 Å². The molecule has 92 valence electrons. The van der Waals surface area contributed by atoms with Crippen LogP contribution in [0.5, 0.6) is 0 Å². The number of esters is 1. The Kier molecular flexibility index (Phi) is 4.15. The summed E-state index contributed by atoms with van der Waals surface area (Å²) in [6, 6.07) is 7.67. The van der Waals surface area contributed by atoms with Crippen molar-refractivity contribution in [3.05, 3.63) is 35.4 Å². The van der Waals surface area contributed by atoms with Crippen LogP contribution in [0.4, 0.5) is 0 Å². The van der Waals surface area contributed by atoms with Crippen molar-refractivity contribution in [3.8, 4) is 0 Å². The van der Waals surface area contributed by atoms with Gasteiger partial charge in [0.25, 0.3) is 0 Å². The van der Waals surface area contributed by atoms with Crippen LogP contribution in [0.15, 0.2) is 24.3 Å². The van der Waals surface area contributed by atoms with E-state index in [0.717, 1.165) is 32.4 Å². The van der Waals surface area contributed by atoms with Gasteiger partial charge in [-0.05, 0) is 50.0 Å². The minimum atomic E-state index is -0.195. The number of aryl methyl sites for hydroxylation is 1. The molecule has 1 saturated heterocycles. The first kappa shape index (κ1) is 12.1. The van der Waals surface area contributed by atoms with E-state index in [9.17, 15) is 4.79 Å². The molecule has 0 amide bonds. The predicted molar refractivity (Wildman–Crippen MR) is 67.1 cm³/mol. The predicted octanol–water partition coefficient (Wildman–Crippen LogP) is 2.16. The van der Waals surface area contributed by atoms with Gasteiger partial charge >= 0.3 is 5.97 Å². The highest BCUT2D eigenvalue weighted by Gasteiger charge is 2.18. The van der Waals surface area contributed by atoms with E-state index in [1.54, 1.807) is 0 Å². The molecule has 17 heavy (non-hydrogen) atoms. The lowest BCUT2D eigenvalue weighted by molar-refractivity contribution is 0.0229. The smallest absolute Gasteiger partial charge is 0.338 e. The molecule has 0 atom stereocenters. The second-order valence-corrected chi connectivity index (χ2v) is 4.41. The normalized spacial score (nSPS) is 16.8. The molecule has 1 heterocycles. The fraction of sp³-hybridized carbons (Fsp3) is 0.500. The Hall–Kier alpha value is -1.35. The Morgan fingerprint density at radius 2 is 1.94 bits per heavy atom. The van der Waals surface area contributed by atoms with Crippen LogP contribution in [-0.4, -0.2) is 25.2 Å². The van der Waals surface area contributed by atoms with E-state index in [0.29, 0.717) is 5.56 Å². The van der Waals surface area contributed by atoms with Crippen molar-refractivity contribution < 1.29 is 9.53 Å². The van der Waals surface area contributed by atoms with Gasteiger partial charge in [-0.2, -0.15) is 0 Å². The summed E-state index contributed by atoms with van der Waals surface area (Å²) < 4.78 is 5.47. The van der Waals surface area contributed by atoms with E-state index in [1.807, 2.05) is 24.3 Å². The molecule has 1 N–H and O–H groups in total. The first-order valence-corrected chi connectivity index (χ1v) is 6.30. The van der Waals surface area contributed by atoms with Crippen LogP contribution in [0.25, 0.3) is 0 Å². The summed E-state index contributed by atoms with van der Waals surface area (Å²) >= 11 is 0. The molecule has 1 aromatic carbocycles. The van der Waals surface area contributed by atoms with Gasteiger partial charge in [-0.3, -0.25) is 0 Å². The first-order valence-electron chi connectivity index (χ1n) is 6.30.